The highest BCUT2D eigenvalue weighted by Gasteiger charge is 2.23. The normalized spacial score (nSPS) is 10.9. The zero-order valence-electron chi connectivity index (χ0n) is 18.0. The lowest BCUT2D eigenvalue weighted by atomic mass is 9.83. The van der Waals surface area contributed by atoms with Gasteiger partial charge in [-0.15, -0.1) is 0 Å². The molecule has 34 heavy (non-hydrogen) atoms. The summed E-state index contributed by atoms with van der Waals surface area (Å²) in [6, 6.07) is 32.3. The molecule has 0 amide bonds. The highest BCUT2D eigenvalue weighted by Crippen LogP contribution is 2.44. The summed E-state index contributed by atoms with van der Waals surface area (Å²) in [6.07, 6.45) is 3.51. The van der Waals surface area contributed by atoms with E-state index in [1.165, 1.54) is 0 Å². The average molecular weight is 432 g/mol. The van der Waals surface area contributed by atoms with Crippen LogP contribution >= 0.6 is 0 Å². The molecule has 0 atom stereocenters. The van der Waals surface area contributed by atoms with E-state index >= 15 is 0 Å². The largest absolute Gasteiger partial charge is 0.256 e. The van der Waals surface area contributed by atoms with Gasteiger partial charge in [0.1, 0.15) is 12.1 Å². The molecule has 0 spiro atoms. The molecule has 2 heterocycles. The number of benzene rings is 4. The summed E-state index contributed by atoms with van der Waals surface area (Å²) in [5, 5.41) is 24.5. The molecule has 0 saturated carbocycles. The minimum absolute atomic E-state index is 0.369. The summed E-state index contributed by atoms with van der Waals surface area (Å²) in [7, 11) is 0. The lowest BCUT2D eigenvalue weighted by Gasteiger charge is -2.18. The van der Waals surface area contributed by atoms with Gasteiger partial charge in [0.25, 0.3) is 0 Å². The third-order valence-electron chi connectivity index (χ3n) is 6.28. The van der Waals surface area contributed by atoms with Gasteiger partial charge < -0.3 is 0 Å². The zero-order chi connectivity index (χ0) is 23.1. The molecule has 0 bridgehead atoms. The first-order chi connectivity index (χ1) is 16.8. The van der Waals surface area contributed by atoms with Crippen molar-refractivity contribution >= 4 is 32.6 Å². The second kappa shape index (κ2) is 7.81. The van der Waals surface area contributed by atoms with E-state index in [0.717, 1.165) is 54.8 Å². The first kappa shape index (κ1) is 19.6. The van der Waals surface area contributed by atoms with Crippen LogP contribution in [0.4, 0.5) is 0 Å². The van der Waals surface area contributed by atoms with Gasteiger partial charge >= 0.3 is 0 Å². The Balaban J connectivity index is 1.83. The zero-order valence-corrected chi connectivity index (χ0v) is 18.0. The van der Waals surface area contributed by atoms with Gasteiger partial charge in [-0.1, -0.05) is 60.7 Å². The van der Waals surface area contributed by atoms with Crippen LogP contribution in [-0.4, -0.2) is 9.97 Å². The predicted molar refractivity (Wildman–Crippen MR) is 135 cm³/mol. The Morgan fingerprint density at radius 1 is 0.471 bits per heavy atom. The molecule has 4 aromatic carbocycles. The fraction of sp³-hybridized carbons (Fsp3) is 0. The molecule has 6 aromatic rings. The van der Waals surface area contributed by atoms with Crippen LogP contribution in [0.1, 0.15) is 11.1 Å². The van der Waals surface area contributed by atoms with Gasteiger partial charge in [0.2, 0.25) is 0 Å². The van der Waals surface area contributed by atoms with Crippen molar-refractivity contribution in [3.63, 3.8) is 0 Å². The van der Waals surface area contributed by atoms with Gasteiger partial charge in [-0.25, -0.2) is 0 Å². The summed E-state index contributed by atoms with van der Waals surface area (Å²) in [5.41, 5.74) is 5.72. The number of rotatable bonds is 2. The monoisotopic (exact) mass is 432 g/mol. The van der Waals surface area contributed by atoms with Crippen LogP contribution in [0.5, 0.6) is 0 Å². The van der Waals surface area contributed by atoms with Crippen molar-refractivity contribution in [3.8, 4) is 34.4 Å². The van der Waals surface area contributed by atoms with Gasteiger partial charge in [-0.05, 0) is 46.2 Å². The molecule has 0 unspecified atom stereocenters. The number of nitriles is 2. The van der Waals surface area contributed by atoms with E-state index in [2.05, 4.69) is 22.1 Å². The Labute approximate surface area is 196 Å². The molecule has 0 fully saturated rings. The van der Waals surface area contributed by atoms with Gasteiger partial charge in [-0.2, -0.15) is 10.5 Å². The Hall–Kier alpha value is -5.06. The van der Waals surface area contributed by atoms with Crippen molar-refractivity contribution in [1.82, 2.24) is 9.97 Å². The van der Waals surface area contributed by atoms with E-state index in [4.69, 9.17) is 0 Å². The number of para-hydroxylation sites is 2. The lowest BCUT2D eigenvalue weighted by molar-refractivity contribution is 1.40. The lowest BCUT2D eigenvalue weighted by Crippen LogP contribution is -1.99. The fourth-order valence-corrected chi connectivity index (χ4v) is 4.85. The van der Waals surface area contributed by atoms with E-state index in [1.54, 1.807) is 12.4 Å². The fourth-order valence-electron chi connectivity index (χ4n) is 4.85. The molecule has 0 aliphatic heterocycles. The van der Waals surface area contributed by atoms with E-state index in [-0.39, 0.29) is 0 Å². The molecule has 4 heteroatoms. The predicted octanol–water partition coefficient (Wildman–Crippen LogP) is 7.01. The molecule has 0 aliphatic rings. The maximum atomic E-state index is 10.4. The molecule has 0 N–H and O–H groups in total. The van der Waals surface area contributed by atoms with Crippen LogP contribution in [0.2, 0.25) is 0 Å². The molecule has 0 saturated heterocycles. The van der Waals surface area contributed by atoms with Crippen LogP contribution in [0.3, 0.4) is 0 Å². The van der Waals surface area contributed by atoms with Crippen molar-refractivity contribution in [3.05, 3.63) is 108 Å². The summed E-state index contributed by atoms with van der Waals surface area (Å²) in [6.45, 7) is 0. The van der Waals surface area contributed by atoms with E-state index in [1.807, 2.05) is 84.9 Å². The van der Waals surface area contributed by atoms with E-state index < -0.39 is 0 Å². The van der Waals surface area contributed by atoms with Crippen LogP contribution < -0.4 is 0 Å². The quantitative estimate of drug-likeness (QED) is 0.295. The molecule has 0 aliphatic carbocycles. The molecular formula is C30H16N4. The van der Waals surface area contributed by atoms with Crippen LogP contribution in [-0.2, 0) is 0 Å². The minimum Gasteiger partial charge on any atom is -0.256 e. The number of aromatic nitrogens is 2. The maximum Gasteiger partial charge on any atom is 0.101 e. The molecule has 6 rings (SSSR count). The van der Waals surface area contributed by atoms with E-state index in [9.17, 15) is 10.5 Å². The van der Waals surface area contributed by atoms with Crippen molar-refractivity contribution in [1.29, 1.82) is 10.5 Å². The summed E-state index contributed by atoms with van der Waals surface area (Å²) >= 11 is 0. The smallest absolute Gasteiger partial charge is 0.101 e. The highest BCUT2D eigenvalue weighted by atomic mass is 14.6. The number of hydrogen-bond donors (Lipinski definition) is 0. The Bertz CT molecular complexity index is 1690. The molecular weight excluding hydrogens is 416 g/mol. The number of nitrogens with zero attached hydrogens (tertiary/aromatic N) is 4. The average Bonchev–Trinajstić information content (AvgIpc) is 2.91. The highest BCUT2D eigenvalue weighted by molar-refractivity contribution is 6.15. The first-order valence-corrected chi connectivity index (χ1v) is 10.9. The third kappa shape index (κ3) is 2.84. The number of hydrogen-bond acceptors (Lipinski definition) is 4. The SMILES string of the molecule is N#Cc1c(C#N)c(-c2ccnc3ccccc23)c2ccccc2c1-c1ccnc2ccccc12. The van der Waals surface area contributed by atoms with Crippen molar-refractivity contribution in [2.45, 2.75) is 0 Å². The Morgan fingerprint density at radius 2 is 0.853 bits per heavy atom. The summed E-state index contributed by atoms with van der Waals surface area (Å²) in [4.78, 5) is 8.98. The van der Waals surface area contributed by atoms with Crippen LogP contribution in [0, 0.1) is 22.7 Å². The Morgan fingerprint density at radius 3 is 1.26 bits per heavy atom. The molecule has 0 radical (unpaired) electrons. The topological polar surface area (TPSA) is 73.4 Å². The van der Waals surface area contributed by atoms with Gasteiger partial charge in [0, 0.05) is 34.3 Å². The molecule has 156 valence electrons. The molecule has 4 nitrogen and oxygen atoms in total. The number of pyridine rings is 2. The van der Waals surface area contributed by atoms with Crippen LogP contribution in [0.25, 0.3) is 54.8 Å². The summed E-state index contributed by atoms with van der Waals surface area (Å²) in [5.74, 6) is 0. The Kier molecular flexibility index (Phi) is 4.51. The van der Waals surface area contributed by atoms with Gasteiger partial charge in [0.15, 0.2) is 0 Å². The van der Waals surface area contributed by atoms with Gasteiger partial charge in [-0.3, -0.25) is 9.97 Å². The second-order valence-electron chi connectivity index (χ2n) is 8.02. The van der Waals surface area contributed by atoms with E-state index in [0.29, 0.717) is 11.1 Å². The second-order valence-corrected chi connectivity index (χ2v) is 8.02. The maximum absolute atomic E-state index is 10.4. The minimum atomic E-state index is 0.369. The van der Waals surface area contributed by atoms with Crippen molar-refractivity contribution < 1.29 is 0 Å². The van der Waals surface area contributed by atoms with Crippen LogP contribution in [0.15, 0.2) is 97.3 Å². The molecule has 2 aromatic heterocycles. The first-order valence-electron chi connectivity index (χ1n) is 10.9. The van der Waals surface area contributed by atoms with Gasteiger partial charge in [0.05, 0.1) is 22.2 Å². The van der Waals surface area contributed by atoms with Crippen molar-refractivity contribution in [2.75, 3.05) is 0 Å². The number of fused-ring (bicyclic) bond motifs is 3. The standard InChI is InChI=1S/C30H16N4/c31-17-25-26(18-32)30(24-14-16-34-28-12-6-4-8-20(24)28)22-10-2-1-9-21(22)29(25)23-13-15-33-27-11-5-3-7-19(23)27/h1-16H. The van der Waals surface area contributed by atoms with Crippen molar-refractivity contribution in [2.24, 2.45) is 0 Å². The summed E-state index contributed by atoms with van der Waals surface area (Å²) < 4.78 is 0. The third-order valence-corrected chi connectivity index (χ3v) is 6.28.